The van der Waals surface area contributed by atoms with Gasteiger partial charge in [-0.05, 0) is 29.8 Å². The minimum Gasteiger partial charge on any atom is -0.497 e. The number of rotatable bonds is 6. The van der Waals surface area contributed by atoms with Crippen LogP contribution in [0.25, 0.3) is 5.69 Å². The molecule has 128 valence electrons. The van der Waals surface area contributed by atoms with Crippen molar-refractivity contribution in [3.63, 3.8) is 0 Å². The molecule has 2 aromatic carbocycles. The molecule has 25 heavy (non-hydrogen) atoms. The van der Waals surface area contributed by atoms with Crippen LogP contribution >= 0.6 is 0 Å². The molecule has 0 aliphatic heterocycles. The van der Waals surface area contributed by atoms with Gasteiger partial charge in [-0.2, -0.15) is 0 Å². The number of esters is 1. The van der Waals surface area contributed by atoms with Gasteiger partial charge in [0.25, 0.3) is 0 Å². The summed E-state index contributed by atoms with van der Waals surface area (Å²) in [4.78, 5) is 15.9. The van der Waals surface area contributed by atoms with E-state index in [0.29, 0.717) is 23.7 Å². The summed E-state index contributed by atoms with van der Waals surface area (Å²) in [7, 11) is 2.97. The van der Waals surface area contributed by atoms with Crippen LogP contribution in [0, 0.1) is 0 Å². The highest BCUT2D eigenvalue weighted by molar-refractivity contribution is 5.88. The lowest BCUT2D eigenvalue weighted by molar-refractivity contribution is 0.0591. The van der Waals surface area contributed by atoms with Gasteiger partial charge in [0.15, 0.2) is 5.69 Å². The van der Waals surface area contributed by atoms with Crippen LogP contribution in [0.4, 0.5) is 0 Å². The molecule has 0 bridgehead atoms. The lowest BCUT2D eigenvalue weighted by Crippen LogP contribution is -2.09. The van der Waals surface area contributed by atoms with Crippen LogP contribution in [-0.2, 0) is 11.3 Å². The minimum absolute atomic E-state index is 0.336. The molecule has 0 aliphatic rings. The third kappa shape index (κ3) is 3.63. The quantitative estimate of drug-likeness (QED) is 0.646. The zero-order valence-corrected chi connectivity index (χ0v) is 14.0. The first-order valence-electron chi connectivity index (χ1n) is 7.68. The Labute approximate surface area is 145 Å². The van der Waals surface area contributed by atoms with Gasteiger partial charge in [0.2, 0.25) is 0 Å². The number of para-hydroxylation sites is 2. The Kier molecular flexibility index (Phi) is 4.99. The molecule has 1 aromatic heterocycles. The Hall–Kier alpha value is -3.28. The Morgan fingerprint density at radius 3 is 2.56 bits per heavy atom. The first kappa shape index (κ1) is 16.6. The minimum atomic E-state index is -0.456. The van der Waals surface area contributed by atoms with Crippen LogP contribution in [0.1, 0.15) is 16.1 Å². The third-order valence-corrected chi connectivity index (χ3v) is 3.71. The fraction of sp³-hybridized carbons (Fsp3) is 0.158. The van der Waals surface area contributed by atoms with Gasteiger partial charge in [0, 0.05) is 0 Å². The van der Waals surface area contributed by atoms with E-state index in [0.717, 1.165) is 11.3 Å². The molecule has 0 saturated heterocycles. The molecule has 3 rings (SSSR count). The predicted molar refractivity (Wildman–Crippen MR) is 92.2 cm³/mol. The fourth-order valence-corrected chi connectivity index (χ4v) is 2.40. The van der Waals surface area contributed by atoms with Gasteiger partial charge in [0.05, 0.1) is 32.4 Å². The van der Waals surface area contributed by atoms with Crippen LogP contribution in [0.3, 0.4) is 0 Å². The average molecular weight is 338 g/mol. The van der Waals surface area contributed by atoms with Crippen LogP contribution in [-0.4, -0.2) is 29.7 Å². The Morgan fingerprint density at radius 1 is 1.08 bits per heavy atom. The smallest absolute Gasteiger partial charge is 0.356 e. The number of imidazole rings is 1. The molecule has 0 saturated carbocycles. The number of carbonyl (C=O) groups excluding carboxylic acids is 1. The third-order valence-electron chi connectivity index (χ3n) is 3.71. The molecule has 0 spiro atoms. The van der Waals surface area contributed by atoms with E-state index in [1.807, 2.05) is 48.5 Å². The van der Waals surface area contributed by atoms with Crippen molar-refractivity contribution < 1.29 is 19.0 Å². The zero-order chi connectivity index (χ0) is 17.6. The van der Waals surface area contributed by atoms with E-state index in [-0.39, 0.29) is 0 Å². The summed E-state index contributed by atoms with van der Waals surface area (Å²) in [6.45, 7) is 0.392. The van der Waals surface area contributed by atoms with E-state index >= 15 is 0 Å². The van der Waals surface area contributed by atoms with Gasteiger partial charge in [-0.25, -0.2) is 9.78 Å². The summed E-state index contributed by atoms with van der Waals surface area (Å²) in [5.41, 5.74) is 2.06. The second-order valence-electron chi connectivity index (χ2n) is 5.24. The van der Waals surface area contributed by atoms with Crippen LogP contribution in [0.2, 0.25) is 0 Å². The van der Waals surface area contributed by atoms with E-state index in [1.54, 1.807) is 18.0 Å². The maximum Gasteiger partial charge on any atom is 0.356 e. The van der Waals surface area contributed by atoms with Crippen molar-refractivity contribution in [2.45, 2.75) is 6.61 Å². The zero-order valence-electron chi connectivity index (χ0n) is 14.0. The molecule has 0 amide bonds. The van der Waals surface area contributed by atoms with Crippen LogP contribution in [0.5, 0.6) is 11.5 Å². The number of nitrogens with zero attached hydrogens (tertiary/aromatic N) is 2. The van der Waals surface area contributed by atoms with Crippen LogP contribution < -0.4 is 9.47 Å². The first-order chi connectivity index (χ1) is 12.2. The van der Waals surface area contributed by atoms with E-state index in [2.05, 4.69) is 4.98 Å². The van der Waals surface area contributed by atoms with Crippen molar-refractivity contribution in [2.24, 2.45) is 0 Å². The van der Waals surface area contributed by atoms with Crippen molar-refractivity contribution in [2.75, 3.05) is 14.2 Å². The second kappa shape index (κ2) is 7.53. The molecule has 0 unspecified atom stereocenters. The maximum atomic E-state index is 11.9. The van der Waals surface area contributed by atoms with E-state index < -0.39 is 5.97 Å². The summed E-state index contributed by atoms with van der Waals surface area (Å²) >= 11 is 0. The lowest BCUT2D eigenvalue weighted by atomic mass is 10.2. The first-order valence-corrected chi connectivity index (χ1v) is 7.68. The second-order valence-corrected chi connectivity index (χ2v) is 5.24. The van der Waals surface area contributed by atoms with Crippen molar-refractivity contribution in [3.05, 3.63) is 72.3 Å². The van der Waals surface area contributed by atoms with Crippen molar-refractivity contribution in [1.29, 1.82) is 0 Å². The number of hydrogen-bond donors (Lipinski definition) is 0. The molecule has 0 radical (unpaired) electrons. The Balaban J connectivity index is 1.84. The van der Waals surface area contributed by atoms with Crippen molar-refractivity contribution in [1.82, 2.24) is 9.55 Å². The largest absolute Gasteiger partial charge is 0.497 e. The van der Waals surface area contributed by atoms with E-state index in [1.165, 1.54) is 13.3 Å². The molecule has 0 fully saturated rings. The molecule has 3 aromatic rings. The Bertz CT molecular complexity index is 856. The number of benzene rings is 2. The average Bonchev–Trinajstić information content (AvgIpc) is 3.16. The molecule has 0 N–H and O–H groups in total. The summed E-state index contributed by atoms with van der Waals surface area (Å²) in [5, 5.41) is 0. The van der Waals surface area contributed by atoms with Gasteiger partial charge >= 0.3 is 5.97 Å². The molecule has 6 heteroatoms. The maximum absolute atomic E-state index is 11.9. The highest BCUT2D eigenvalue weighted by Crippen LogP contribution is 2.25. The fourth-order valence-electron chi connectivity index (χ4n) is 2.40. The lowest BCUT2D eigenvalue weighted by Gasteiger charge is -2.13. The van der Waals surface area contributed by atoms with Gasteiger partial charge in [-0.15, -0.1) is 0 Å². The van der Waals surface area contributed by atoms with Crippen molar-refractivity contribution in [3.8, 4) is 17.2 Å². The normalized spacial score (nSPS) is 10.3. The summed E-state index contributed by atoms with van der Waals surface area (Å²) in [5.74, 6) is 0.981. The number of aromatic nitrogens is 2. The summed E-state index contributed by atoms with van der Waals surface area (Å²) in [6, 6.07) is 15.1. The van der Waals surface area contributed by atoms with Crippen LogP contribution in [0.15, 0.2) is 61.1 Å². The molecule has 0 aliphatic carbocycles. The highest BCUT2D eigenvalue weighted by Gasteiger charge is 2.16. The van der Waals surface area contributed by atoms with Gasteiger partial charge in [-0.3, -0.25) is 4.57 Å². The monoisotopic (exact) mass is 338 g/mol. The SMILES string of the molecule is COC(=O)c1cncn1-c1ccccc1OCc1ccc(OC)cc1. The van der Waals surface area contributed by atoms with Gasteiger partial charge in [-0.1, -0.05) is 24.3 Å². The highest BCUT2D eigenvalue weighted by atomic mass is 16.5. The Morgan fingerprint density at radius 2 is 1.84 bits per heavy atom. The summed E-state index contributed by atoms with van der Waals surface area (Å²) < 4.78 is 17.5. The molecular formula is C19H18N2O4. The number of hydrogen-bond acceptors (Lipinski definition) is 5. The standard InChI is InChI=1S/C19H18N2O4/c1-23-15-9-7-14(8-10-15)12-25-18-6-4-3-5-16(18)21-13-20-11-17(21)19(22)24-2/h3-11,13H,12H2,1-2H3. The predicted octanol–water partition coefficient (Wildman–Crippen LogP) is 3.25. The topological polar surface area (TPSA) is 62.6 Å². The molecule has 6 nitrogen and oxygen atoms in total. The number of ether oxygens (including phenoxy) is 3. The summed E-state index contributed by atoms with van der Waals surface area (Å²) in [6.07, 6.45) is 3.02. The van der Waals surface area contributed by atoms with E-state index in [4.69, 9.17) is 14.2 Å². The molecule has 1 heterocycles. The van der Waals surface area contributed by atoms with Gasteiger partial charge < -0.3 is 14.2 Å². The molecule has 0 atom stereocenters. The van der Waals surface area contributed by atoms with Crippen molar-refractivity contribution >= 4 is 5.97 Å². The van der Waals surface area contributed by atoms with E-state index in [9.17, 15) is 4.79 Å². The molecular weight excluding hydrogens is 320 g/mol. The van der Waals surface area contributed by atoms with Gasteiger partial charge in [0.1, 0.15) is 18.1 Å². The number of methoxy groups -OCH3 is 2. The number of carbonyl (C=O) groups is 1.